The number of benzene rings is 1. The van der Waals surface area contributed by atoms with Crippen molar-refractivity contribution in [3.63, 3.8) is 0 Å². The van der Waals surface area contributed by atoms with Gasteiger partial charge in [-0.3, -0.25) is 10.1 Å². The van der Waals surface area contributed by atoms with Crippen molar-refractivity contribution in [3.05, 3.63) is 77.9 Å². The number of H-pyrrole nitrogens is 2. The van der Waals surface area contributed by atoms with Gasteiger partial charge in [0.25, 0.3) is 0 Å². The Balaban J connectivity index is 1.53. The van der Waals surface area contributed by atoms with Gasteiger partial charge in [0.15, 0.2) is 5.65 Å². The van der Waals surface area contributed by atoms with Gasteiger partial charge in [-0.2, -0.15) is 16.4 Å². The molecule has 1 aromatic carbocycles. The molecule has 138 valence electrons. The Hall–Kier alpha value is -3.77. The van der Waals surface area contributed by atoms with Gasteiger partial charge in [0.05, 0.1) is 11.4 Å². The number of hydrogen-bond acceptors (Lipinski definition) is 4. The van der Waals surface area contributed by atoms with Crippen LogP contribution in [0.1, 0.15) is 0 Å². The maximum atomic E-state index is 4.54. The zero-order valence-electron chi connectivity index (χ0n) is 15.3. The minimum absolute atomic E-state index is 0.703. The minimum Gasteiger partial charge on any atom is -0.353 e. The van der Waals surface area contributed by atoms with Crippen molar-refractivity contribution in [2.45, 2.75) is 0 Å². The fourth-order valence-corrected chi connectivity index (χ4v) is 4.42. The van der Waals surface area contributed by atoms with E-state index in [0.29, 0.717) is 5.65 Å². The maximum Gasteiger partial charge on any atom is 0.181 e. The second kappa shape index (κ2) is 6.39. The molecule has 0 bridgehead atoms. The van der Waals surface area contributed by atoms with Crippen LogP contribution in [0.2, 0.25) is 0 Å². The third kappa shape index (κ3) is 2.65. The number of aromatic amines is 2. The minimum atomic E-state index is 0.703. The molecule has 0 unspecified atom stereocenters. The smallest absolute Gasteiger partial charge is 0.181 e. The highest BCUT2D eigenvalue weighted by molar-refractivity contribution is 7.08. The number of nitrogens with zero attached hydrogens (tertiary/aromatic N) is 3. The molecule has 5 heterocycles. The lowest BCUT2D eigenvalue weighted by Crippen LogP contribution is -1.83. The highest BCUT2D eigenvalue weighted by Crippen LogP contribution is 2.35. The second-order valence-electron chi connectivity index (χ2n) is 6.89. The van der Waals surface area contributed by atoms with E-state index in [4.69, 9.17) is 0 Å². The van der Waals surface area contributed by atoms with Crippen LogP contribution in [0.25, 0.3) is 55.6 Å². The molecule has 6 aromatic rings. The Labute approximate surface area is 170 Å². The van der Waals surface area contributed by atoms with Crippen LogP contribution in [-0.2, 0) is 0 Å². The van der Waals surface area contributed by atoms with Gasteiger partial charge in [0.1, 0.15) is 0 Å². The normalized spacial score (nSPS) is 11.4. The van der Waals surface area contributed by atoms with Gasteiger partial charge in [-0.25, -0.2) is 4.98 Å². The molecule has 6 heteroatoms. The second-order valence-corrected chi connectivity index (χ2v) is 7.67. The van der Waals surface area contributed by atoms with E-state index in [1.807, 2.05) is 18.3 Å². The molecular weight excluding hydrogens is 378 g/mol. The summed E-state index contributed by atoms with van der Waals surface area (Å²) in [5.41, 5.74) is 8.33. The maximum absolute atomic E-state index is 4.54. The first-order valence-electron chi connectivity index (χ1n) is 9.26. The molecule has 0 saturated carbocycles. The summed E-state index contributed by atoms with van der Waals surface area (Å²) < 4.78 is 0. The van der Waals surface area contributed by atoms with Crippen LogP contribution in [-0.4, -0.2) is 25.1 Å². The van der Waals surface area contributed by atoms with E-state index in [0.717, 1.165) is 33.4 Å². The fraction of sp³-hybridized carbons (Fsp3) is 0. The van der Waals surface area contributed by atoms with Crippen LogP contribution in [0.3, 0.4) is 0 Å². The molecule has 0 spiro atoms. The van der Waals surface area contributed by atoms with Gasteiger partial charge >= 0.3 is 0 Å². The lowest BCUT2D eigenvalue weighted by atomic mass is 10.0. The molecule has 29 heavy (non-hydrogen) atoms. The SMILES string of the molecule is c1cc(-c2ccsc2)c2cc(-c3[nH]nc4ncc(-c5ccncc5)cc34)[nH]c2c1. The van der Waals surface area contributed by atoms with Gasteiger partial charge in [0, 0.05) is 40.4 Å². The lowest BCUT2D eigenvalue weighted by Gasteiger charge is -2.01. The Morgan fingerprint density at radius 3 is 2.66 bits per heavy atom. The van der Waals surface area contributed by atoms with Crippen LogP contribution in [0.15, 0.2) is 77.9 Å². The first kappa shape index (κ1) is 16.2. The molecule has 0 aliphatic heterocycles. The lowest BCUT2D eigenvalue weighted by molar-refractivity contribution is 1.10. The molecule has 0 aliphatic carbocycles. The Kier molecular flexibility index (Phi) is 3.57. The monoisotopic (exact) mass is 393 g/mol. The van der Waals surface area contributed by atoms with Crippen molar-refractivity contribution in [1.82, 2.24) is 25.1 Å². The number of thiophene rings is 1. The summed E-state index contributed by atoms with van der Waals surface area (Å²) in [6, 6.07) is 16.8. The Morgan fingerprint density at radius 1 is 0.862 bits per heavy atom. The van der Waals surface area contributed by atoms with Crippen molar-refractivity contribution >= 4 is 33.3 Å². The average molecular weight is 393 g/mol. The number of rotatable bonds is 3. The predicted octanol–water partition coefficient (Wildman–Crippen LogP) is 5.90. The van der Waals surface area contributed by atoms with E-state index >= 15 is 0 Å². The zero-order valence-corrected chi connectivity index (χ0v) is 16.1. The summed E-state index contributed by atoms with van der Waals surface area (Å²) in [6.07, 6.45) is 5.43. The van der Waals surface area contributed by atoms with Gasteiger partial charge in [-0.15, -0.1) is 0 Å². The van der Waals surface area contributed by atoms with Gasteiger partial charge in [0.2, 0.25) is 0 Å². The molecule has 0 fully saturated rings. The fourth-order valence-electron chi connectivity index (χ4n) is 3.77. The molecule has 0 aliphatic rings. The third-order valence-corrected chi connectivity index (χ3v) is 5.87. The summed E-state index contributed by atoms with van der Waals surface area (Å²) in [7, 11) is 0. The first-order valence-corrected chi connectivity index (χ1v) is 10.2. The highest BCUT2D eigenvalue weighted by atomic mass is 32.1. The van der Waals surface area contributed by atoms with Crippen LogP contribution in [0.4, 0.5) is 0 Å². The highest BCUT2D eigenvalue weighted by Gasteiger charge is 2.14. The van der Waals surface area contributed by atoms with Gasteiger partial charge in [-0.1, -0.05) is 12.1 Å². The van der Waals surface area contributed by atoms with Gasteiger partial charge in [-0.05, 0) is 63.8 Å². The molecule has 0 atom stereocenters. The molecular formula is C23H15N5S. The van der Waals surface area contributed by atoms with Crippen molar-refractivity contribution in [2.24, 2.45) is 0 Å². The van der Waals surface area contributed by atoms with Crippen LogP contribution in [0.5, 0.6) is 0 Å². The van der Waals surface area contributed by atoms with Crippen LogP contribution < -0.4 is 0 Å². The van der Waals surface area contributed by atoms with Crippen molar-refractivity contribution in [2.75, 3.05) is 0 Å². The summed E-state index contributed by atoms with van der Waals surface area (Å²) in [5.74, 6) is 0. The summed E-state index contributed by atoms with van der Waals surface area (Å²) in [5, 5.41) is 14.0. The molecule has 5 nitrogen and oxygen atoms in total. The quantitative estimate of drug-likeness (QED) is 0.393. The van der Waals surface area contributed by atoms with Gasteiger partial charge < -0.3 is 4.98 Å². The number of hydrogen-bond donors (Lipinski definition) is 2. The van der Waals surface area contributed by atoms with E-state index in [1.165, 1.54) is 16.5 Å². The molecule has 2 N–H and O–H groups in total. The van der Waals surface area contributed by atoms with E-state index in [-0.39, 0.29) is 0 Å². The number of pyridine rings is 2. The molecule has 0 radical (unpaired) electrons. The Bertz CT molecular complexity index is 1450. The summed E-state index contributed by atoms with van der Waals surface area (Å²) in [6.45, 7) is 0. The number of fused-ring (bicyclic) bond motifs is 2. The van der Waals surface area contributed by atoms with Crippen molar-refractivity contribution < 1.29 is 0 Å². The van der Waals surface area contributed by atoms with Crippen LogP contribution >= 0.6 is 11.3 Å². The van der Waals surface area contributed by atoms with Crippen molar-refractivity contribution in [1.29, 1.82) is 0 Å². The molecule has 5 aromatic heterocycles. The summed E-state index contributed by atoms with van der Waals surface area (Å²) in [4.78, 5) is 12.2. The first-order chi connectivity index (χ1) is 14.4. The van der Waals surface area contributed by atoms with Crippen LogP contribution in [0, 0.1) is 0 Å². The molecule has 6 rings (SSSR count). The average Bonchev–Trinajstić information content (AvgIpc) is 3.52. The summed E-state index contributed by atoms with van der Waals surface area (Å²) >= 11 is 1.71. The predicted molar refractivity (Wildman–Crippen MR) is 118 cm³/mol. The van der Waals surface area contributed by atoms with E-state index in [1.54, 1.807) is 23.7 Å². The third-order valence-electron chi connectivity index (χ3n) is 5.19. The number of aromatic nitrogens is 5. The standard InChI is InChI=1S/C23H15N5S/c1-2-17(15-6-9-29-13-15)18-11-21(26-20(18)3-1)22-19-10-16(12-25-23(19)28-27-22)14-4-7-24-8-5-14/h1-13,26H,(H,25,27,28). The van der Waals surface area contributed by atoms with E-state index in [2.05, 4.69) is 72.3 Å². The zero-order chi connectivity index (χ0) is 19.2. The molecule has 0 amide bonds. The van der Waals surface area contributed by atoms with Crippen molar-refractivity contribution in [3.8, 4) is 33.6 Å². The largest absolute Gasteiger partial charge is 0.353 e. The van der Waals surface area contributed by atoms with E-state index < -0.39 is 0 Å². The topological polar surface area (TPSA) is 70.2 Å². The van der Waals surface area contributed by atoms with E-state index in [9.17, 15) is 0 Å². The Morgan fingerprint density at radius 2 is 1.79 bits per heavy atom. The molecule has 0 saturated heterocycles. The number of nitrogens with one attached hydrogen (secondary N) is 2.